The lowest BCUT2D eigenvalue weighted by Gasteiger charge is -2.07. The lowest BCUT2D eigenvalue weighted by Crippen LogP contribution is -2.20. The monoisotopic (exact) mass is 315 g/mol. The molecule has 1 amide bonds. The summed E-state index contributed by atoms with van der Waals surface area (Å²) in [4.78, 5) is 22.6. The Morgan fingerprint density at radius 1 is 1.04 bits per heavy atom. The van der Waals surface area contributed by atoms with Gasteiger partial charge >= 0.3 is 5.97 Å². The molecule has 0 saturated carbocycles. The molecule has 6 nitrogen and oxygen atoms in total. The summed E-state index contributed by atoms with van der Waals surface area (Å²) in [6.07, 6.45) is 0. The van der Waals surface area contributed by atoms with Gasteiger partial charge in [0.1, 0.15) is 18.1 Å². The Balaban J connectivity index is 1.91. The second-order valence-corrected chi connectivity index (χ2v) is 4.71. The number of esters is 1. The Morgan fingerprint density at radius 2 is 1.78 bits per heavy atom. The summed E-state index contributed by atoms with van der Waals surface area (Å²) in [5.74, 6) is 0.142. The van der Waals surface area contributed by atoms with Gasteiger partial charge in [-0.2, -0.15) is 0 Å². The number of methoxy groups -OCH3 is 1. The molecule has 2 aromatic rings. The second kappa shape index (κ2) is 7.84. The van der Waals surface area contributed by atoms with Gasteiger partial charge in [-0.15, -0.1) is 0 Å². The van der Waals surface area contributed by atoms with Crippen molar-refractivity contribution >= 4 is 11.9 Å². The molecule has 0 aromatic heterocycles. The van der Waals surface area contributed by atoms with E-state index in [2.05, 4.69) is 0 Å². The van der Waals surface area contributed by atoms with Crippen LogP contribution in [0.1, 0.15) is 15.9 Å². The van der Waals surface area contributed by atoms with Crippen LogP contribution in [0, 0.1) is 0 Å². The first-order valence-electron chi connectivity index (χ1n) is 6.89. The summed E-state index contributed by atoms with van der Waals surface area (Å²) in [6.45, 7) is -0.0599. The van der Waals surface area contributed by atoms with E-state index in [0.717, 1.165) is 5.56 Å². The predicted octanol–water partition coefficient (Wildman–Crippen LogP) is 1.92. The van der Waals surface area contributed by atoms with E-state index >= 15 is 0 Å². The van der Waals surface area contributed by atoms with Gasteiger partial charge in [0.05, 0.1) is 12.7 Å². The predicted molar refractivity (Wildman–Crippen MR) is 83.2 cm³/mol. The third kappa shape index (κ3) is 5.03. The van der Waals surface area contributed by atoms with Crippen molar-refractivity contribution in [3.63, 3.8) is 0 Å². The molecule has 0 unspecified atom stereocenters. The molecule has 23 heavy (non-hydrogen) atoms. The maximum atomic E-state index is 12.0. The molecule has 120 valence electrons. The number of carbonyl (C=O) groups excluding carboxylic acids is 2. The Hall–Kier alpha value is -3.02. The van der Waals surface area contributed by atoms with Crippen LogP contribution in [0.5, 0.6) is 11.5 Å². The van der Waals surface area contributed by atoms with Gasteiger partial charge in [-0.3, -0.25) is 4.79 Å². The van der Waals surface area contributed by atoms with Gasteiger partial charge in [0.15, 0.2) is 6.61 Å². The van der Waals surface area contributed by atoms with Gasteiger partial charge in [-0.25, -0.2) is 4.79 Å². The van der Waals surface area contributed by atoms with Gasteiger partial charge in [-0.05, 0) is 42.0 Å². The van der Waals surface area contributed by atoms with Crippen molar-refractivity contribution in [1.29, 1.82) is 0 Å². The Bertz CT molecular complexity index is 682. The van der Waals surface area contributed by atoms with Crippen LogP contribution < -0.4 is 15.2 Å². The highest BCUT2D eigenvalue weighted by Crippen LogP contribution is 2.16. The molecule has 2 N–H and O–H groups in total. The van der Waals surface area contributed by atoms with Crippen molar-refractivity contribution in [2.45, 2.75) is 6.61 Å². The van der Waals surface area contributed by atoms with E-state index in [1.807, 2.05) is 18.2 Å². The zero-order valence-corrected chi connectivity index (χ0v) is 12.7. The van der Waals surface area contributed by atoms with Crippen molar-refractivity contribution in [2.24, 2.45) is 5.73 Å². The lowest BCUT2D eigenvalue weighted by molar-refractivity contribution is -0.119. The maximum absolute atomic E-state index is 12.0. The number of nitrogens with two attached hydrogens (primary N) is 1. The molecular weight excluding hydrogens is 298 g/mol. The molecule has 0 aliphatic rings. The van der Waals surface area contributed by atoms with E-state index < -0.39 is 11.9 Å². The van der Waals surface area contributed by atoms with E-state index in [0.29, 0.717) is 17.1 Å². The quantitative estimate of drug-likeness (QED) is 0.789. The number of rotatable bonds is 7. The molecule has 0 heterocycles. The number of ether oxygens (including phenoxy) is 3. The van der Waals surface area contributed by atoms with Crippen LogP contribution in [0.2, 0.25) is 0 Å². The van der Waals surface area contributed by atoms with Gasteiger partial charge in [0.25, 0.3) is 5.91 Å². The summed E-state index contributed by atoms with van der Waals surface area (Å²) >= 11 is 0. The third-order valence-electron chi connectivity index (χ3n) is 2.98. The second-order valence-electron chi connectivity index (χ2n) is 4.71. The first-order chi connectivity index (χ1) is 11.1. The minimum absolute atomic E-state index is 0.149. The van der Waals surface area contributed by atoms with E-state index in [4.69, 9.17) is 19.9 Å². The van der Waals surface area contributed by atoms with Crippen molar-refractivity contribution < 1.29 is 23.8 Å². The van der Waals surface area contributed by atoms with Crippen molar-refractivity contribution in [1.82, 2.24) is 0 Å². The topological polar surface area (TPSA) is 87.8 Å². The number of primary amides is 1. The fourth-order valence-corrected chi connectivity index (χ4v) is 1.84. The van der Waals surface area contributed by atoms with E-state index in [-0.39, 0.29) is 13.2 Å². The Labute approximate surface area is 133 Å². The maximum Gasteiger partial charge on any atom is 0.338 e. The summed E-state index contributed by atoms with van der Waals surface area (Å²) in [7, 11) is 1.58. The van der Waals surface area contributed by atoms with Gasteiger partial charge in [-0.1, -0.05) is 12.1 Å². The van der Waals surface area contributed by atoms with Crippen LogP contribution in [0.3, 0.4) is 0 Å². The molecule has 2 rings (SSSR count). The van der Waals surface area contributed by atoms with Crippen LogP contribution in [-0.2, 0) is 16.1 Å². The van der Waals surface area contributed by atoms with Crippen molar-refractivity contribution in [3.8, 4) is 11.5 Å². The molecule has 0 aliphatic carbocycles. The van der Waals surface area contributed by atoms with Crippen molar-refractivity contribution in [3.05, 3.63) is 59.7 Å². The van der Waals surface area contributed by atoms with E-state index in [9.17, 15) is 9.59 Å². The minimum Gasteiger partial charge on any atom is -0.497 e. The normalized spacial score (nSPS) is 9.96. The highest BCUT2D eigenvalue weighted by atomic mass is 16.5. The van der Waals surface area contributed by atoms with Crippen LogP contribution in [0.4, 0.5) is 0 Å². The van der Waals surface area contributed by atoms with E-state index in [1.165, 1.54) is 0 Å². The molecule has 0 atom stereocenters. The number of benzene rings is 2. The number of amides is 1. The van der Waals surface area contributed by atoms with Gasteiger partial charge < -0.3 is 19.9 Å². The molecule has 0 saturated heterocycles. The smallest absolute Gasteiger partial charge is 0.338 e. The SMILES string of the molecule is COc1cccc(COC(=O)c2ccc(OCC(N)=O)cc2)c1. The van der Waals surface area contributed by atoms with Gasteiger partial charge in [0.2, 0.25) is 0 Å². The van der Waals surface area contributed by atoms with Crippen LogP contribution in [0.15, 0.2) is 48.5 Å². The summed E-state index contributed by atoms with van der Waals surface area (Å²) < 4.78 is 15.5. The fraction of sp³-hybridized carbons (Fsp3) is 0.176. The van der Waals surface area contributed by atoms with Crippen LogP contribution in [-0.4, -0.2) is 25.6 Å². The summed E-state index contributed by atoms with van der Waals surface area (Å²) in [5.41, 5.74) is 6.21. The molecule has 2 aromatic carbocycles. The molecular formula is C17H17NO5. The van der Waals surface area contributed by atoms with Crippen LogP contribution in [0.25, 0.3) is 0 Å². The average Bonchev–Trinajstić information content (AvgIpc) is 2.58. The lowest BCUT2D eigenvalue weighted by atomic mass is 10.2. The largest absolute Gasteiger partial charge is 0.497 e. The highest BCUT2D eigenvalue weighted by molar-refractivity contribution is 5.89. The zero-order valence-electron chi connectivity index (χ0n) is 12.7. The van der Waals surface area contributed by atoms with Crippen LogP contribution >= 0.6 is 0 Å². The Morgan fingerprint density at radius 3 is 2.43 bits per heavy atom. The molecule has 0 aliphatic heterocycles. The number of carbonyl (C=O) groups is 2. The molecule has 0 fully saturated rings. The first kappa shape index (κ1) is 16.4. The molecule has 0 radical (unpaired) electrons. The summed E-state index contributed by atoms with van der Waals surface area (Å²) in [6, 6.07) is 13.6. The highest BCUT2D eigenvalue weighted by Gasteiger charge is 2.08. The number of hydrogen-bond donors (Lipinski definition) is 1. The molecule has 0 spiro atoms. The van der Waals surface area contributed by atoms with E-state index in [1.54, 1.807) is 37.4 Å². The third-order valence-corrected chi connectivity index (χ3v) is 2.98. The minimum atomic E-state index is -0.563. The number of hydrogen-bond acceptors (Lipinski definition) is 5. The fourth-order valence-electron chi connectivity index (χ4n) is 1.84. The standard InChI is InChI=1S/C17H17NO5/c1-21-15-4-2-3-12(9-15)10-23-17(20)13-5-7-14(8-6-13)22-11-16(18)19/h2-9H,10-11H2,1H3,(H2,18,19). The first-order valence-corrected chi connectivity index (χ1v) is 6.89. The molecule has 0 bridgehead atoms. The van der Waals surface area contributed by atoms with Crippen molar-refractivity contribution in [2.75, 3.05) is 13.7 Å². The summed E-state index contributed by atoms with van der Waals surface area (Å²) in [5, 5.41) is 0. The molecule has 6 heteroatoms. The zero-order chi connectivity index (χ0) is 16.7. The Kier molecular flexibility index (Phi) is 5.57. The average molecular weight is 315 g/mol. The van der Waals surface area contributed by atoms with Gasteiger partial charge in [0, 0.05) is 0 Å².